The van der Waals surface area contributed by atoms with Gasteiger partial charge in [0.25, 0.3) is 0 Å². The Morgan fingerprint density at radius 3 is 1.06 bits per heavy atom. The van der Waals surface area contributed by atoms with Crippen LogP contribution in [0, 0.1) is 0 Å². The fourth-order valence-electron chi connectivity index (χ4n) is 9.14. The van der Waals surface area contributed by atoms with Gasteiger partial charge >= 0.3 is 0 Å². The predicted octanol–water partition coefficient (Wildman–Crippen LogP) is 15.0. The van der Waals surface area contributed by atoms with Crippen LogP contribution >= 0.6 is 0 Å². The van der Waals surface area contributed by atoms with Gasteiger partial charge in [-0.1, -0.05) is 164 Å². The first kappa shape index (κ1) is 35.6. The average molecular weight is 791 g/mol. The van der Waals surface area contributed by atoms with Gasteiger partial charge in [-0.05, 0) is 89.0 Å². The van der Waals surface area contributed by atoms with Crippen LogP contribution in [-0.4, -0.2) is 19.1 Å². The van der Waals surface area contributed by atoms with Crippen LogP contribution in [0.2, 0.25) is 0 Å². The van der Waals surface area contributed by atoms with Crippen molar-refractivity contribution in [1.29, 1.82) is 0 Å². The Bertz CT molecular complexity index is 3530. The molecule has 0 unspecified atom stereocenters. The lowest BCUT2D eigenvalue weighted by Crippen LogP contribution is -1.97. The van der Waals surface area contributed by atoms with Crippen molar-refractivity contribution in [2.75, 3.05) is 0 Å². The number of para-hydroxylation sites is 2. The van der Waals surface area contributed by atoms with Crippen LogP contribution in [0.1, 0.15) is 0 Å². The Morgan fingerprint density at radius 2 is 0.597 bits per heavy atom. The molecule has 0 saturated heterocycles. The van der Waals surface area contributed by atoms with Crippen molar-refractivity contribution >= 4 is 43.6 Å². The van der Waals surface area contributed by atoms with E-state index in [0.29, 0.717) is 5.82 Å². The summed E-state index contributed by atoms with van der Waals surface area (Å²) in [6.45, 7) is 0. The van der Waals surface area contributed by atoms with Crippen LogP contribution in [0.3, 0.4) is 0 Å². The number of aromatic nitrogens is 4. The number of rotatable bonds is 7. The van der Waals surface area contributed by atoms with Crippen LogP contribution in [0.15, 0.2) is 231 Å². The highest BCUT2D eigenvalue weighted by Crippen LogP contribution is 2.39. The molecule has 9 aromatic carbocycles. The molecule has 0 aliphatic carbocycles. The number of benzene rings is 9. The van der Waals surface area contributed by atoms with Crippen LogP contribution < -0.4 is 0 Å². The van der Waals surface area contributed by atoms with Crippen LogP contribution in [0.4, 0.5) is 0 Å². The third-order valence-corrected chi connectivity index (χ3v) is 12.2. The first-order valence-corrected chi connectivity index (χ1v) is 21.1. The van der Waals surface area contributed by atoms with Crippen molar-refractivity contribution in [1.82, 2.24) is 19.1 Å². The summed E-state index contributed by atoms with van der Waals surface area (Å²) < 4.78 is 4.79. The zero-order valence-electron chi connectivity index (χ0n) is 33.7. The Balaban J connectivity index is 0.967. The summed E-state index contributed by atoms with van der Waals surface area (Å²) in [6, 6.07) is 82.2. The van der Waals surface area contributed by atoms with Gasteiger partial charge in [-0.25, -0.2) is 9.97 Å². The zero-order chi connectivity index (χ0) is 41.0. The molecule has 4 heteroatoms. The lowest BCUT2D eigenvalue weighted by Gasteiger charge is -2.12. The molecule has 0 amide bonds. The summed E-state index contributed by atoms with van der Waals surface area (Å²) >= 11 is 0. The van der Waals surface area contributed by atoms with Crippen molar-refractivity contribution < 1.29 is 0 Å². The summed E-state index contributed by atoms with van der Waals surface area (Å²) in [5.41, 5.74) is 16.5. The van der Waals surface area contributed by atoms with Gasteiger partial charge in [0.15, 0.2) is 5.82 Å². The van der Waals surface area contributed by atoms with Gasteiger partial charge in [0, 0.05) is 49.6 Å². The first-order valence-electron chi connectivity index (χ1n) is 21.1. The maximum absolute atomic E-state index is 5.09. The maximum atomic E-state index is 5.09. The van der Waals surface area contributed by atoms with Gasteiger partial charge in [0.2, 0.25) is 0 Å². The monoisotopic (exact) mass is 790 g/mol. The number of nitrogens with zero attached hydrogens (tertiary/aromatic N) is 4. The molecule has 0 aliphatic rings. The molecule has 290 valence electrons. The third kappa shape index (κ3) is 6.08. The van der Waals surface area contributed by atoms with E-state index >= 15 is 0 Å². The minimum absolute atomic E-state index is 0.696. The van der Waals surface area contributed by atoms with E-state index in [1.54, 1.807) is 0 Å². The van der Waals surface area contributed by atoms with E-state index in [-0.39, 0.29) is 0 Å². The van der Waals surface area contributed by atoms with Crippen molar-refractivity contribution in [3.8, 4) is 67.5 Å². The molecule has 0 aliphatic heterocycles. The molecule has 4 nitrogen and oxygen atoms in total. The summed E-state index contributed by atoms with van der Waals surface area (Å²) in [7, 11) is 0. The molecule has 3 aromatic heterocycles. The minimum atomic E-state index is 0.696. The Labute approximate surface area is 359 Å². The number of hydrogen-bond acceptors (Lipinski definition) is 2. The van der Waals surface area contributed by atoms with Gasteiger partial charge in [-0.15, -0.1) is 0 Å². The van der Waals surface area contributed by atoms with E-state index in [9.17, 15) is 0 Å². The average Bonchev–Trinajstić information content (AvgIpc) is 3.87. The largest absolute Gasteiger partial charge is 0.309 e. The lowest BCUT2D eigenvalue weighted by atomic mass is 10.0. The normalized spacial score (nSPS) is 11.5. The Hall–Kier alpha value is -8.34. The molecule has 3 heterocycles. The molecule has 0 radical (unpaired) electrons. The van der Waals surface area contributed by atoms with E-state index < -0.39 is 0 Å². The summed E-state index contributed by atoms with van der Waals surface area (Å²) in [4.78, 5) is 10.2. The summed E-state index contributed by atoms with van der Waals surface area (Å²) in [6.07, 6.45) is 0. The van der Waals surface area contributed by atoms with E-state index in [1.165, 1.54) is 49.3 Å². The van der Waals surface area contributed by atoms with E-state index in [2.05, 4.69) is 228 Å². The third-order valence-electron chi connectivity index (χ3n) is 12.2. The minimum Gasteiger partial charge on any atom is -0.309 e. The van der Waals surface area contributed by atoms with E-state index in [0.717, 1.165) is 56.0 Å². The van der Waals surface area contributed by atoms with Gasteiger partial charge in [-0.2, -0.15) is 0 Å². The van der Waals surface area contributed by atoms with Gasteiger partial charge in [0.1, 0.15) is 0 Å². The van der Waals surface area contributed by atoms with E-state index in [1.807, 2.05) is 12.1 Å². The Kier molecular flexibility index (Phi) is 8.46. The molecule has 0 fully saturated rings. The van der Waals surface area contributed by atoms with Gasteiger partial charge in [-0.3, -0.25) is 0 Å². The molecule has 62 heavy (non-hydrogen) atoms. The Morgan fingerprint density at radius 1 is 0.242 bits per heavy atom. The van der Waals surface area contributed by atoms with Crippen molar-refractivity contribution in [3.63, 3.8) is 0 Å². The highest BCUT2D eigenvalue weighted by Gasteiger charge is 2.17. The number of fused-ring (bicyclic) bond motifs is 6. The summed E-state index contributed by atoms with van der Waals surface area (Å²) in [5, 5.41) is 4.92. The second kappa shape index (κ2) is 14.7. The van der Waals surface area contributed by atoms with Crippen LogP contribution in [0.5, 0.6) is 0 Å². The van der Waals surface area contributed by atoms with Crippen LogP contribution in [0.25, 0.3) is 111 Å². The van der Waals surface area contributed by atoms with Crippen LogP contribution in [-0.2, 0) is 0 Å². The lowest BCUT2D eigenvalue weighted by molar-refractivity contribution is 1.16. The van der Waals surface area contributed by atoms with Crippen molar-refractivity contribution in [2.24, 2.45) is 0 Å². The van der Waals surface area contributed by atoms with Crippen molar-refractivity contribution in [3.05, 3.63) is 231 Å². The van der Waals surface area contributed by atoms with Gasteiger partial charge in [0.05, 0.1) is 33.5 Å². The molecule has 12 aromatic rings. The molecule has 0 bridgehead atoms. The highest BCUT2D eigenvalue weighted by molar-refractivity contribution is 6.12. The fourth-order valence-corrected chi connectivity index (χ4v) is 9.14. The maximum Gasteiger partial charge on any atom is 0.160 e. The SMILES string of the molecule is c1ccc(-c2ccc(-n3c4ccccc4c4ccc(-c5ccc6c7ccccc7n(-c7ccc(-c8nc(-c9ccccc9)cc(-c9ccccc9)n8)cc7)c6c5)cc43)cc2)cc1. The molecular formula is C58H38N4. The predicted molar refractivity (Wildman–Crippen MR) is 258 cm³/mol. The molecule has 0 spiro atoms. The second-order valence-electron chi connectivity index (χ2n) is 15.8. The van der Waals surface area contributed by atoms with Gasteiger partial charge < -0.3 is 9.13 Å². The molecule has 12 rings (SSSR count). The molecule has 0 saturated carbocycles. The summed E-state index contributed by atoms with van der Waals surface area (Å²) in [5.74, 6) is 0.696. The smallest absolute Gasteiger partial charge is 0.160 e. The second-order valence-corrected chi connectivity index (χ2v) is 15.8. The molecular weight excluding hydrogens is 753 g/mol. The van der Waals surface area contributed by atoms with Crippen molar-refractivity contribution in [2.45, 2.75) is 0 Å². The fraction of sp³-hybridized carbons (Fsp3) is 0. The standard InChI is InChI=1S/C58H38N4/c1-4-14-39(15-5-1)40-24-30-46(31-25-40)61-54-22-12-10-20-48(54)50-34-28-44(36-56(50)61)45-29-35-51-49-21-11-13-23-55(49)62(57(51)37-45)47-32-26-43(27-33-47)58-59-52(41-16-6-2-7-17-41)38-53(60-58)42-18-8-3-9-19-42/h1-38H. The topological polar surface area (TPSA) is 35.6 Å². The molecule has 0 N–H and O–H groups in total. The molecule has 0 atom stereocenters. The highest BCUT2D eigenvalue weighted by atomic mass is 15.0. The zero-order valence-corrected chi connectivity index (χ0v) is 33.7. The quantitative estimate of drug-likeness (QED) is 0.161. The van der Waals surface area contributed by atoms with E-state index in [4.69, 9.17) is 9.97 Å². The first-order chi connectivity index (χ1) is 30.7. The number of hydrogen-bond donors (Lipinski definition) is 0.